The minimum absolute atomic E-state index is 0.00363. The summed E-state index contributed by atoms with van der Waals surface area (Å²) in [7, 11) is 0. The third-order valence-electron chi connectivity index (χ3n) is 4.24. The van der Waals surface area contributed by atoms with Crippen LogP contribution in [-0.2, 0) is 9.59 Å². The van der Waals surface area contributed by atoms with Crippen molar-refractivity contribution in [1.82, 2.24) is 15.5 Å². The second-order valence-electron chi connectivity index (χ2n) is 6.38. The Labute approximate surface area is 192 Å². The Morgan fingerprint density at radius 3 is 2.48 bits per heavy atom. The molecule has 0 radical (unpaired) electrons. The number of rotatable bonds is 7. The monoisotopic (exact) mass is 477 g/mol. The highest BCUT2D eigenvalue weighted by Gasteiger charge is 2.34. The van der Waals surface area contributed by atoms with Crippen LogP contribution >= 0.6 is 35.0 Å². The van der Waals surface area contributed by atoms with Crippen LogP contribution in [0.5, 0.6) is 0 Å². The first-order chi connectivity index (χ1) is 14.9. The van der Waals surface area contributed by atoms with Crippen LogP contribution in [0, 0.1) is 0 Å². The molecule has 1 heterocycles. The van der Waals surface area contributed by atoms with Crippen LogP contribution in [0.25, 0.3) is 6.08 Å². The van der Waals surface area contributed by atoms with Gasteiger partial charge in [-0.25, -0.2) is 0 Å². The number of hydrogen-bond donors (Lipinski definition) is 2. The number of carbonyl (C=O) groups excluding carboxylic acids is 4. The molecule has 2 aromatic carbocycles. The van der Waals surface area contributed by atoms with E-state index in [1.165, 1.54) is 6.08 Å². The van der Waals surface area contributed by atoms with Crippen molar-refractivity contribution in [3.63, 3.8) is 0 Å². The van der Waals surface area contributed by atoms with Gasteiger partial charge in [0.15, 0.2) is 0 Å². The summed E-state index contributed by atoms with van der Waals surface area (Å²) in [6.07, 6.45) is 1.51. The normalized spacial score (nSPS) is 14.8. The third kappa shape index (κ3) is 5.88. The Morgan fingerprint density at radius 1 is 1.00 bits per heavy atom. The van der Waals surface area contributed by atoms with E-state index in [1.54, 1.807) is 48.5 Å². The van der Waals surface area contributed by atoms with Crippen molar-refractivity contribution in [2.24, 2.45) is 0 Å². The van der Waals surface area contributed by atoms with E-state index in [1.807, 2.05) is 0 Å². The second-order valence-corrected chi connectivity index (χ2v) is 8.15. The lowest BCUT2D eigenvalue weighted by Crippen LogP contribution is -2.41. The highest BCUT2D eigenvalue weighted by molar-refractivity contribution is 8.18. The maximum Gasteiger partial charge on any atom is 0.293 e. The van der Waals surface area contributed by atoms with Gasteiger partial charge in [0.25, 0.3) is 17.1 Å². The number of halogens is 2. The molecule has 0 atom stereocenters. The number of imide groups is 1. The molecule has 1 saturated heterocycles. The lowest BCUT2D eigenvalue weighted by atomic mass is 10.2. The summed E-state index contributed by atoms with van der Waals surface area (Å²) in [5.74, 6) is -1.28. The van der Waals surface area contributed by atoms with Crippen LogP contribution in [0.2, 0.25) is 10.0 Å². The van der Waals surface area contributed by atoms with Gasteiger partial charge in [-0.05, 0) is 41.6 Å². The topological polar surface area (TPSA) is 95.6 Å². The summed E-state index contributed by atoms with van der Waals surface area (Å²) in [4.78, 5) is 49.8. The zero-order chi connectivity index (χ0) is 22.4. The Kier molecular flexibility index (Phi) is 7.73. The Balaban J connectivity index is 1.49. The maximum atomic E-state index is 12.5. The lowest BCUT2D eigenvalue weighted by Gasteiger charge is -2.13. The van der Waals surface area contributed by atoms with Gasteiger partial charge in [-0.2, -0.15) is 0 Å². The van der Waals surface area contributed by atoms with Gasteiger partial charge >= 0.3 is 0 Å². The molecule has 160 valence electrons. The average molecular weight is 478 g/mol. The molecule has 7 nitrogen and oxygen atoms in total. The summed E-state index contributed by atoms with van der Waals surface area (Å²) in [6, 6.07) is 13.5. The fraction of sp³-hybridized carbons (Fsp3) is 0.143. The summed E-state index contributed by atoms with van der Waals surface area (Å²) < 4.78 is 0. The van der Waals surface area contributed by atoms with E-state index in [-0.39, 0.29) is 30.4 Å². The van der Waals surface area contributed by atoms with Crippen molar-refractivity contribution in [2.45, 2.75) is 0 Å². The number of amides is 4. The molecule has 0 bridgehead atoms. The van der Waals surface area contributed by atoms with Gasteiger partial charge in [-0.15, -0.1) is 0 Å². The molecule has 0 spiro atoms. The molecule has 1 fully saturated rings. The lowest BCUT2D eigenvalue weighted by molar-refractivity contribution is -0.124. The maximum absolute atomic E-state index is 12.5. The van der Waals surface area contributed by atoms with Crippen molar-refractivity contribution in [3.8, 4) is 0 Å². The third-order valence-corrected chi connectivity index (χ3v) is 5.99. The standard InChI is InChI=1S/C21H17Cl2N3O4S/c22-15-8-4-7-14(18(15)23)11-16-20(29)26(21(30)31-16)10-9-24-17(27)12-25-19(28)13-5-2-1-3-6-13/h1-8,11H,9-10,12H2,(H,24,27)(H,25,28)/b16-11-. The molecule has 1 aliphatic heterocycles. The second kappa shape index (κ2) is 10.5. The molecule has 0 unspecified atom stereocenters. The fourth-order valence-corrected chi connectivity index (χ4v) is 3.91. The van der Waals surface area contributed by atoms with Crippen LogP contribution < -0.4 is 10.6 Å². The van der Waals surface area contributed by atoms with E-state index in [9.17, 15) is 19.2 Å². The first kappa shape index (κ1) is 22.9. The van der Waals surface area contributed by atoms with Gasteiger partial charge in [0, 0.05) is 18.7 Å². The van der Waals surface area contributed by atoms with Gasteiger partial charge in [0.05, 0.1) is 21.5 Å². The number of benzene rings is 2. The van der Waals surface area contributed by atoms with Crippen molar-refractivity contribution >= 4 is 64.0 Å². The molecule has 0 aliphatic carbocycles. The van der Waals surface area contributed by atoms with Crippen molar-refractivity contribution < 1.29 is 19.2 Å². The van der Waals surface area contributed by atoms with E-state index in [0.29, 0.717) is 21.2 Å². The van der Waals surface area contributed by atoms with Crippen LogP contribution in [-0.4, -0.2) is 47.5 Å². The molecular formula is C21H17Cl2N3O4S. The van der Waals surface area contributed by atoms with Crippen LogP contribution in [0.3, 0.4) is 0 Å². The van der Waals surface area contributed by atoms with Crippen molar-refractivity contribution in [3.05, 3.63) is 74.6 Å². The zero-order valence-corrected chi connectivity index (χ0v) is 18.4. The fourth-order valence-electron chi connectivity index (χ4n) is 2.69. The smallest absolute Gasteiger partial charge is 0.293 e. The quantitative estimate of drug-likeness (QED) is 0.594. The van der Waals surface area contributed by atoms with Crippen molar-refractivity contribution in [2.75, 3.05) is 19.6 Å². The van der Waals surface area contributed by atoms with Gasteiger partial charge in [-0.1, -0.05) is 53.5 Å². The minimum atomic E-state index is -0.474. The number of hydrogen-bond acceptors (Lipinski definition) is 5. The van der Waals surface area contributed by atoms with E-state index >= 15 is 0 Å². The van der Waals surface area contributed by atoms with Gasteiger partial charge in [0.2, 0.25) is 5.91 Å². The predicted octanol–water partition coefficient (Wildman–Crippen LogP) is 3.58. The average Bonchev–Trinajstić information content (AvgIpc) is 3.03. The van der Waals surface area contributed by atoms with Gasteiger partial charge in [-0.3, -0.25) is 24.1 Å². The molecule has 2 N–H and O–H groups in total. The first-order valence-corrected chi connectivity index (χ1v) is 10.7. The van der Waals surface area contributed by atoms with Gasteiger partial charge in [0.1, 0.15) is 0 Å². The highest BCUT2D eigenvalue weighted by atomic mass is 35.5. The summed E-state index contributed by atoms with van der Waals surface area (Å²) in [5, 5.41) is 5.27. The van der Waals surface area contributed by atoms with Crippen molar-refractivity contribution in [1.29, 1.82) is 0 Å². The minimum Gasteiger partial charge on any atom is -0.353 e. The molecule has 0 aromatic heterocycles. The van der Waals surface area contributed by atoms with E-state index < -0.39 is 17.1 Å². The summed E-state index contributed by atoms with van der Waals surface area (Å²) >= 11 is 12.9. The highest BCUT2D eigenvalue weighted by Crippen LogP contribution is 2.34. The molecular weight excluding hydrogens is 461 g/mol. The van der Waals surface area contributed by atoms with Crippen LogP contribution in [0.4, 0.5) is 4.79 Å². The Morgan fingerprint density at radius 2 is 1.74 bits per heavy atom. The number of carbonyl (C=O) groups is 4. The molecule has 3 rings (SSSR count). The SMILES string of the molecule is O=C(CNC(=O)c1ccccc1)NCCN1C(=O)S/C(=C\c2cccc(Cl)c2Cl)C1=O. The number of thioether (sulfide) groups is 1. The molecule has 1 aliphatic rings. The largest absolute Gasteiger partial charge is 0.353 e. The van der Waals surface area contributed by atoms with E-state index in [2.05, 4.69) is 10.6 Å². The Hall–Kier alpha value is -2.81. The van der Waals surface area contributed by atoms with Crippen LogP contribution in [0.1, 0.15) is 15.9 Å². The van der Waals surface area contributed by atoms with Crippen LogP contribution in [0.15, 0.2) is 53.4 Å². The molecule has 0 saturated carbocycles. The molecule has 31 heavy (non-hydrogen) atoms. The summed E-state index contributed by atoms with van der Waals surface area (Å²) in [5.41, 5.74) is 0.974. The molecule has 2 aromatic rings. The van der Waals surface area contributed by atoms with E-state index in [0.717, 1.165) is 16.7 Å². The predicted molar refractivity (Wildman–Crippen MR) is 121 cm³/mol. The molecule has 4 amide bonds. The summed E-state index contributed by atoms with van der Waals surface area (Å²) in [6.45, 7) is -0.157. The molecule has 10 heteroatoms. The van der Waals surface area contributed by atoms with Gasteiger partial charge < -0.3 is 10.6 Å². The number of nitrogens with one attached hydrogen (secondary N) is 2. The first-order valence-electron chi connectivity index (χ1n) is 9.16. The van der Waals surface area contributed by atoms with E-state index in [4.69, 9.17) is 23.2 Å². The Bertz CT molecular complexity index is 1060. The number of nitrogens with zero attached hydrogens (tertiary/aromatic N) is 1. The zero-order valence-electron chi connectivity index (χ0n) is 16.1.